The highest BCUT2D eigenvalue weighted by molar-refractivity contribution is 7.08. The maximum atomic E-state index is 12.7. The number of aliphatic hydroxyl groups is 1. The minimum absolute atomic E-state index is 0.148. The van der Waals surface area contributed by atoms with Crippen molar-refractivity contribution in [3.63, 3.8) is 0 Å². The number of carbonyl (C=O) groups is 2. The molecule has 132 valence electrons. The van der Waals surface area contributed by atoms with E-state index in [-0.39, 0.29) is 24.8 Å². The molecule has 1 aliphatic rings. The Morgan fingerprint density at radius 3 is 2.40 bits per heavy atom. The lowest BCUT2D eigenvalue weighted by Gasteiger charge is -2.27. The molecule has 6 nitrogen and oxygen atoms in total. The van der Waals surface area contributed by atoms with Gasteiger partial charge in [-0.1, -0.05) is 6.07 Å². The van der Waals surface area contributed by atoms with Gasteiger partial charge in [0.2, 0.25) is 0 Å². The van der Waals surface area contributed by atoms with Gasteiger partial charge in [0.25, 0.3) is 11.8 Å². The van der Waals surface area contributed by atoms with E-state index < -0.39 is 6.04 Å². The maximum Gasteiger partial charge on any atom is 0.262 e. The van der Waals surface area contributed by atoms with E-state index in [4.69, 9.17) is 9.47 Å². The van der Waals surface area contributed by atoms with Gasteiger partial charge in [-0.25, -0.2) is 0 Å². The van der Waals surface area contributed by atoms with Crippen LogP contribution in [0.3, 0.4) is 0 Å². The van der Waals surface area contributed by atoms with Crippen LogP contribution in [0.5, 0.6) is 11.5 Å². The topological polar surface area (TPSA) is 76.1 Å². The molecule has 0 saturated heterocycles. The van der Waals surface area contributed by atoms with Crippen molar-refractivity contribution in [3.8, 4) is 11.5 Å². The highest BCUT2D eigenvalue weighted by Crippen LogP contribution is 2.38. The molecule has 0 radical (unpaired) electrons. The summed E-state index contributed by atoms with van der Waals surface area (Å²) in [5, 5.41) is 12.8. The number of benzene rings is 1. The summed E-state index contributed by atoms with van der Waals surface area (Å²) in [4.78, 5) is 26.6. The van der Waals surface area contributed by atoms with Crippen molar-refractivity contribution in [2.75, 3.05) is 20.3 Å². The lowest BCUT2D eigenvalue weighted by Crippen LogP contribution is -2.34. The van der Waals surface area contributed by atoms with Gasteiger partial charge in [0.1, 0.15) is 0 Å². The minimum Gasteiger partial charge on any atom is -0.493 e. The number of carbonyl (C=O) groups excluding carboxylic acids is 2. The first-order valence-electron chi connectivity index (χ1n) is 7.98. The maximum absolute atomic E-state index is 12.7. The molecule has 2 amide bonds. The molecule has 1 aliphatic heterocycles. The molecule has 0 aliphatic carbocycles. The Labute approximate surface area is 149 Å². The van der Waals surface area contributed by atoms with Gasteiger partial charge in [0.05, 0.1) is 30.9 Å². The number of aliphatic hydroxyl groups excluding tert-OH is 1. The number of methoxy groups -OCH3 is 1. The normalized spacial score (nSPS) is 14.6. The molecule has 0 spiro atoms. The van der Waals surface area contributed by atoms with Crippen LogP contribution in [0, 0.1) is 0 Å². The molecule has 0 bridgehead atoms. The largest absolute Gasteiger partial charge is 0.493 e. The first kappa shape index (κ1) is 17.4. The van der Waals surface area contributed by atoms with Gasteiger partial charge in [-0.15, -0.1) is 0 Å². The number of nitrogens with zero attached hydrogens (tertiary/aromatic N) is 1. The predicted octanol–water partition coefficient (Wildman–Crippen LogP) is 2.88. The second kappa shape index (κ2) is 7.25. The smallest absolute Gasteiger partial charge is 0.262 e. The summed E-state index contributed by atoms with van der Waals surface area (Å²) in [7, 11) is 1.55. The minimum atomic E-state index is -0.562. The Morgan fingerprint density at radius 1 is 1.16 bits per heavy atom. The molecule has 2 aromatic rings. The van der Waals surface area contributed by atoms with E-state index >= 15 is 0 Å². The monoisotopic (exact) mass is 361 g/mol. The van der Waals surface area contributed by atoms with Crippen LogP contribution in [0.15, 0.2) is 29.0 Å². The van der Waals surface area contributed by atoms with Crippen molar-refractivity contribution in [2.24, 2.45) is 0 Å². The first-order chi connectivity index (χ1) is 12.1. The fraction of sp³-hybridized carbons (Fsp3) is 0.333. The summed E-state index contributed by atoms with van der Waals surface area (Å²) in [6.07, 6.45) is 0.253. The van der Waals surface area contributed by atoms with Gasteiger partial charge in [0.15, 0.2) is 11.5 Å². The molecule has 7 heteroatoms. The van der Waals surface area contributed by atoms with Crippen LogP contribution in [0.25, 0.3) is 0 Å². The van der Waals surface area contributed by atoms with E-state index in [1.54, 1.807) is 36.1 Å². The molecular formula is C18H19NO5S. The Hall–Kier alpha value is -2.38. The van der Waals surface area contributed by atoms with Gasteiger partial charge >= 0.3 is 0 Å². The van der Waals surface area contributed by atoms with Gasteiger partial charge in [-0.3, -0.25) is 14.5 Å². The zero-order chi connectivity index (χ0) is 18.0. The van der Waals surface area contributed by atoms with Gasteiger partial charge in [-0.2, -0.15) is 11.3 Å². The molecule has 0 fully saturated rings. The average molecular weight is 361 g/mol. The summed E-state index contributed by atoms with van der Waals surface area (Å²) in [6.45, 7) is 2.18. The summed E-state index contributed by atoms with van der Waals surface area (Å²) < 4.78 is 10.9. The SMILES string of the molecule is CCOc1cc(C(CCO)N2C(=O)c3cscc3C2=O)ccc1OC. The highest BCUT2D eigenvalue weighted by Gasteiger charge is 2.41. The zero-order valence-corrected chi connectivity index (χ0v) is 14.8. The molecule has 1 aromatic carbocycles. The predicted molar refractivity (Wildman–Crippen MR) is 93.4 cm³/mol. The van der Waals surface area contributed by atoms with Crippen LogP contribution >= 0.6 is 11.3 Å². The third kappa shape index (κ3) is 3.01. The molecule has 25 heavy (non-hydrogen) atoms. The third-order valence-corrected chi connectivity index (χ3v) is 4.89. The van der Waals surface area contributed by atoms with Gasteiger partial charge in [0, 0.05) is 17.4 Å². The fourth-order valence-electron chi connectivity index (χ4n) is 3.00. The Balaban J connectivity index is 2.00. The number of amides is 2. The average Bonchev–Trinajstić information content (AvgIpc) is 3.18. The van der Waals surface area contributed by atoms with Gasteiger partial charge < -0.3 is 14.6 Å². The third-order valence-electron chi connectivity index (χ3n) is 4.15. The summed E-state index contributed by atoms with van der Waals surface area (Å²) in [5.74, 6) is 0.465. The standard InChI is InChI=1S/C18H19NO5S/c1-3-24-16-8-11(4-5-15(16)23-2)14(6-7-20)19-17(21)12-9-25-10-13(12)18(19)22/h4-5,8-10,14,20H,3,6-7H2,1-2H3. The van der Waals surface area contributed by atoms with Crippen molar-refractivity contribution in [1.29, 1.82) is 0 Å². The lowest BCUT2D eigenvalue weighted by molar-refractivity contribution is 0.0558. The molecular weight excluding hydrogens is 342 g/mol. The van der Waals surface area contributed by atoms with Gasteiger partial charge in [-0.05, 0) is 31.0 Å². The molecule has 0 saturated carbocycles. The molecule has 1 unspecified atom stereocenters. The van der Waals surface area contributed by atoms with E-state index in [1.807, 2.05) is 6.92 Å². The Kier molecular flexibility index (Phi) is 5.06. The van der Waals surface area contributed by atoms with Crippen molar-refractivity contribution in [3.05, 3.63) is 45.6 Å². The van der Waals surface area contributed by atoms with E-state index in [2.05, 4.69) is 0 Å². The van der Waals surface area contributed by atoms with Crippen molar-refractivity contribution >= 4 is 23.2 Å². The Morgan fingerprint density at radius 2 is 1.84 bits per heavy atom. The van der Waals surface area contributed by atoms with Crippen LogP contribution in [0.4, 0.5) is 0 Å². The second-order valence-electron chi connectivity index (χ2n) is 5.55. The summed E-state index contributed by atoms with van der Waals surface area (Å²) in [6, 6.07) is 4.72. The Bertz CT molecular complexity index is 770. The molecule has 1 atom stereocenters. The number of hydrogen-bond donors (Lipinski definition) is 1. The molecule has 1 N–H and O–H groups in total. The molecule has 1 aromatic heterocycles. The van der Waals surface area contributed by atoms with Crippen LogP contribution in [-0.2, 0) is 0 Å². The van der Waals surface area contributed by atoms with Crippen LogP contribution in [0.1, 0.15) is 45.7 Å². The van der Waals surface area contributed by atoms with Crippen molar-refractivity contribution in [2.45, 2.75) is 19.4 Å². The summed E-state index contributed by atoms with van der Waals surface area (Å²) >= 11 is 1.33. The zero-order valence-electron chi connectivity index (χ0n) is 14.0. The quantitative estimate of drug-likeness (QED) is 0.768. The second-order valence-corrected chi connectivity index (χ2v) is 6.29. The van der Waals surface area contributed by atoms with Crippen LogP contribution in [-0.4, -0.2) is 42.1 Å². The molecule has 2 heterocycles. The lowest BCUT2D eigenvalue weighted by atomic mass is 10.0. The van der Waals surface area contributed by atoms with Crippen molar-refractivity contribution in [1.82, 2.24) is 4.90 Å². The number of hydrogen-bond acceptors (Lipinski definition) is 6. The van der Waals surface area contributed by atoms with E-state index in [1.165, 1.54) is 16.2 Å². The summed E-state index contributed by atoms with van der Waals surface area (Å²) in [5.41, 5.74) is 1.57. The molecule has 3 rings (SSSR count). The highest BCUT2D eigenvalue weighted by atomic mass is 32.1. The first-order valence-corrected chi connectivity index (χ1v) is 8.92. The number of imide groups is 1. The number of rotatable bonds is 7. The van der Waals surface area contributed by atoms with Crippen LogP contribution in [0.2, 0.25) is 0 Å². The van der Waals surface area contributed by atoms with E-state index in [0.717, 1.165) is 0 Å². The number of ether oxygens (including phenoxy) is 2. The van der Waals surface area contributed by atoms with E-state index in [9.17, 15) is 14.7 Å². The van der Waals surface area contributed by atoms with Crippen LogP contribution < -0.4 is 9.47 Å². The van der Waals surface area contributed by atoms with E-state index in [0.29, 0.717) is 34.8 Å². The number of thiophene rings is 1. The van der Waals surface area contributed by atoms with Crippen molar-refractivity contribution < 1.29 is 24.2 Å². The number of fused-ring (bicyclic) bond motifs is 1. The fourth-order valence-corrected chi connectivity index (χ4v) is 3.79.